The van der Waals surface area contributed by atoms with Crippen LogP contribution in [0.2, 0.25) is 0 Å². The van der Waals surface area contributed by atoms with E-state index >= 15 is 0 Å². The molecule has 3 N–H and O–H groups in total. The van der Waals surface area contributed by atoms with E-state index in [2.05, 4.69) is 26.6 Å². The van der Waals surface area contributed by atoms with Gasteiger partial charge in [-0.1, -0.05) is 22.9 Å². The highest BCUT2D eigenvalue weighted by atomic mass is 79.9. The van der Waals surface area contributed by atoms with Crippen molar-refractivity contribution in [2.24, 2.45) is 0 Å². The van der Waals surface area contributed by atoms with Gasteiger partial charge in [-0.3, -0.25) is 4.79 Å². The lowest BCUT2D eigenvalue weighted by atomic mass is 9.94. The maximum atomic E-state index is 13.1. The van der Waals surface area contributed by atoms with Gasteiger partial charge in [0, 0.05) is 22.6 Å². The highest BCUT2D eigenvalue weighted by molar-refractivity contribution is 9.10. The van der Waals surface area contributed by atoms with Gasteiger partial charge in [0.2, 0.25) is 0 Å². The molecule has 0 radical (unpaired) electrons. The Morgan fingerprint density at radius 2 is 2.00 bits per heavy atom. The van der Waals surface area contributed by atoms with Crippen molar-refractivity contribution in [3.63, 3.8) is 0 Å². The summed E-state index contributed by atoms with van der Waals surface area (Å²) in [5.74, 6) is 0.0521. The van der Waals surface area contributed by atoms with Crippen molar-refractivity contribution in [3.05, 3.63) is 46.4 Å². The molecule has 0 aromatic heterocycles. The van der Waals surface area contributed by atoms with Crippen LogP contribution in [0.1, 0.15) is 18.9 Å². The minimum absolute atomic E-state index is 0.213. The molecule has 9 heteroatoms. The molecular formula is C20H22BrN3O5. The summed E-state index contributed by atoms with van der Waals surface area (Å²) in [5, 5.41) is 17.1. The molecule has 3 rings (SSSR count). The van der Waals surface area contributed by atoms with Crippen molar-refractivity contribution < 1.29 is 24.2 Å². The first-order valence-corrected chi connectivity index (χ1v) is 9.80. The highest BCUT2D eigenvalue weighted by Gasteiger charge is 2.52. The van der Waals surface area contributed by atoms with Crippen LogP contribution in [0.4, 0.5) is 16.2 Å². The van der Waals surface area contributed by atoms with Gasteiger partial charge in [0.15, 0.2) is 0 Å². The Balaban J connectivity index is 2.24. The number of urea groups is 1. The van der Waals surface area contributed by atoms with Gasteiger partial charge in [0.1, 0.15) is 11.5 Å². The Kier molecular flexibility index (Phi) is 5.99. The number of nitrogens with one attached hydrogen (secondary N) is 2. The van der Waals surface area contributed by atoms with Crippen LogP contribution >= 0.6 is 15.9 Å². The second kappa shape index (κ2) is 8.30. The lowest BCUT2D eigenvalue weighted by Crippen LogP contribution is -2.62. The van der Waals surface area contributed by atoms with Gasteiger partial charge in [-0.25, -0.2) is 9.69 Å². The molecule has 2 aromatic rings. The molecule has 1 atom stereocenters. The summed E-state index contributed by atoms with van der Waals surface area (Å²) in [7, 11) is 2.94. The summed E-state index contributed by atoms with van der Waals surface area (Å²) < 4.78 is 11.3. The third kappa shape index (κ3) is 3.63. The molecule has 29 heavy (non-hydrogen) atoms. The Bertz CT molecular complexity index is 952. The number of amides is 3. The number of rotatable bonds is 6. The normalized spacial score (nSPS) is 18.0. The largest absolute Gasteiger partial charge is 0.497 e. The molecule has 2 aromatic carbocycles. The maximum Gasteiger partial charge on any atom is 0.329 e. The molecular weight excluding hydrogens is 442 g/mol. The van der Waals surface area contributed by atoms with Gasteiger partial charge < -0.3 is 25.2 Å². The number of methoxy groups -OCH3 is 2. The molecule has 0 aliphatic carbocycles. The molecule has 154 valence electrons. The third-order valence-corrected chi connectivity index (χ3v) is 5.10. The van der Waals surface area contributed by atoms with Gasteiger partial charge >= 0.3 is 6.03 Å². The first-order valence-electron chi connectivity index (χ1n) is 9.00. The van der Waals surface area contributed by atoms with Crippen LogP contribution in [0.5, 0.6) is 11.5 Å². The molecule has 0 saturated heterocycles. The number of carbonyl (C=O) groups is 2. The van der Waals surface area contributed by atoms with Crippen LogP contribution in [0, 0.1) is 0 Å². The first-order chi connectivity index (χ1) is 13.9. The fraction of sp³-hybridized carbons (Fsp3) is 0.300. The number of carbonyl (C=O) groups excluding carboxylic acids is 2. The molecule has 1 unspecified atom stereocenters. The zero-order valence-corrected chi connectivity index (χ0v) is 17.9. The Morgan fingerprint density at radius 1 is 1.24 bits per heavy atom. The monoisotopic (exact) mass is 463 g/mol. The average Bonchev–Trinajstić information content (AvgIpc) is 2.72. The SMILES string of the molecule is CCCNC(=O)C1(O)c2cc(Br)ccc2NC(=O)N1c1ccc(OC)cc1OC. The van der Waals surface area contributed by atoms with E-state index in [-0.39, 0.29) is 17.0 Å². The lowest BCUT2D eigenvalue weighted by molar-refractivity contribution is -0.140. The molecule has 0 fully saturated rings. The van der Waals surface area contributed by atoms with Crippen molar-refractivity contribution in [1.29, 1.82) is 0 Å². The second-order valence-corrected chi connectivity index (χ2v) is 7.34. The minimum atomic E-state index is -2.29. The topological polar surface area (TPSA) is 100 Å². The molecule has 1 heterocycles. The number of ether oxygens (including phenoxy) is 2. The smallest absolute Gasteiger partial charge is 0.329 e. The first kappa shape index (κ1) is 20.9. The van der Waals surface area contributed by atoms with Gasteiger partial charge in [-0.05, 0) is 36.8 Å². The fourth-order valence-corrected chi connectivity index (χ4v) is 3.55. The molecule has 0 saturated carbocycles. The Hall–Kier alpha value is -2.78. The van der Waals surface area contributed by atoms with Crippen molar-refractivity contribution in [2.75, 3.05) is 31.0 Å². The molecule has 3 amide bonds. The van der Waals surface area contributed by atoms with E-state index in [9.17, 15) is 14.7 Å². The molecule has 8 nitrogen and oxygen atoms in total. The number of hydrogen-bond donors (Lipinski definition) is 3. The highest BCUT2D eigenvalue weighted by Crippen LogP contribution is 2.44. The predicted octanol–water partition coefficient (Wildman–Crippen LogP) is 3.19. The summed E-state index contributed by atoms with van der Waals surface area (Å²) >= 11 is 3.37. The van der Waals surface area contributed by atoms with Crippen LogP contribution in [0.3, 0.4) is 0 Å². The Morgan fingerprint density at radius 3 is 2.66 bits per heavy atom. The van der Waals surface area contributed by atoms with Gasteiger partial charge in [0.25, 0.3) is 11.6 Å². The van der Waals surface area contributed by atoms with Crippen molar-refractivity contribution in [2.45, 2.75) is 19.1 Å². The number of benzene rings is 2. The summed E-state index contributed by atoms with van der Waals surface area (Å²) in [6.45, 7) is 2.24. The molecule has 1 aliphatic heterocycles. The van der Waals surface area contributed by atoms with Crippen molar-refractivity contribution in [1.82, 2.24) is 5.32 Å². The minimum Gasteiger partial charge on any atom is -0.497 e. The van der Waals surface area contributed by atoms with Crippen LogP contribution in [0.15, 0.2) is 40.9 Å². The standard InChI is InChI=1S/C20H22BrN3O5/c1-4-9-22-18(25)20(27)14-10-12(21)5-7-15(14)23-19(26)24(20)16-8-6-13(28-2)11-17(16)29-3/h5-8,10-11,27H,4,9H2,1-3H3,(H,22,25)(H,23,26). The number of nitrogens with zero attached hydrogens (tertiary/aromatic N) is 1. The number of aliphatic hydroxyl groups is 1. The number of halogens is 1. The summed E-state index contributed by atoms with van der Waals surface area (Å²) in [5.41, 5.74) is -1.50. The zero-order chi connectivity index (χ0) is 21.2. The van der Waals surface area contributed by atoms with Crippen molar-refractivity contribution in [3.8, 4) is 11.5 Å². The van der Waals surface area contributed by atoms with Gasteiger partial charge in [-0.15, -0.1) is 0 Å². The van der Waals surface area contributed by atoms with Crippen molar-refractivity contribution >= 4 is 39.2 Å². The molecule has 0 spiro atoms. The van der Waals surface area contributed by atoms with E-state index in [1.807, 2.05) is 6.92 Å². The molecule has 1 aliphatic rings. The fourth-order valence-electron chi connectivity index (χ4n) is 3.19. The van der Waals surface area contributed by atoms with E-state index < -0.39 is 17.7 Å². The predicted molar refractivity (Wildman–Crippen MR) is 112 cm³/mol. The summed E-state index contributed by atoms with van der Waals surface area (Å²) in [6.07, 6.45) is 0.672. The number of anilines is 2. The van der Waals surface area contributed by atoms with Crippen LogP contribution < -0.4 is 25.0 Å². The van der Waals surface area contributed by atoms with E-state index in [0.29, 0.717) is 28.9 Å². The van der Waals surface area contributed by atoms with E-state index in [4.69, 9.17) is 9.47 Å². The van der Waals surface area contributed by atoms with Crippen LogP contribution in [-0.2, 0) is 10.5 Å². The van der Waals surface area contributed by atoms with E-state index in [1.165, 1.54) is 14.2 Å². The molecule has 0 bridgehead atoms. The third-order valence-electron chi connectivity index (χ3n) is 4.61. The lowest BCUT2D eigenvalue weighted by Gasteiger charge is -2.43. The van der Waals surface area contributed by atoms with Gasteiger partial charge in [-0.2, -0.15) is 0 Å². The van der Waals surface area contributed by atoms with Crippen LogP contribution in [-0.4, -0.2) is 37.8 Å². The average molecular weight is 464 g/mol. The van der Waals surface area contributed by atoms with E-state index in [1.54, 1.807) is 36.4 Å². The zero-order valence-electron chi connectivity index (χ0n) is 16.3. The Labute approximate surface area is 176 Å². The quantitative estimate of drug-likeness (QED) is 0.610. The van der Waals surface area contributed by atoms with Crippen LogP contribution in [0.25, 0.3) is 0 Å². The number of fused-ring (bicyclic) bond motifs is 1. The second-order valence-electron chi connectivity index (χ2n) is 6.42. The summed E-state index contributed by atoms with van der Waals surface area (Å²) in [4.78, 5) is 27.2. The maximum absolute atomic E-state index is 13.1. The van der Waals surface area contributed by atoms with Gasteiger partial charge in [0.05, 0.1) is 25.6 Å². The summed E-state index contributed by atoms with van der Waals surface area (Å²) in [6, 6.07) is 9.01. The van der Waals surface area contributed by atoms with E-state index in [0.717, 1.165) is 4.90 Å². The number of hydrogen-bond acceptors (Lipinski definition) is 5.